The summed E-state index contributed by atoms with van der Waals surface area (Å²) in [5.41, 5.74) is 0.840. The number of hydrogen-bond acceptors (Lipinski definition) is 5. The van der Waals surface area contributed by atoms with Crippen LogP contribution in [0.25, 0.3) is 10.2 Å². The molecule has 0 aliphatic heterocycles. The molecule has 0 saturated carbocycles. The Bertz CT molecular complexity index is 918. The van der Waals surface area contributed by atoms with Crippen molar-refractivity contribution in [2.75, 3.05) is 6.61 Å². The minimum Gasteiger partial charge on any atom is -0.491 e. The number of rotatable bonds is 5. The highest BCUT2D eigenvalue weighted by molar-refractivity contribution is 9.10. The number of aliphatic hydroxyl groups is 1. The first kappa shape index (κ1) is 17.1. The van der Waals surface area contributed by atoms with Gasteiger partial charge < -0.3 is 9.84 Å². The average molecular weight is 409 g/mol. The van der Waals surface area contributed by atoms with Crippen LogP contribution in [0.2, 0.25) is 0 Å². The zero-order valence-corrected chi connectivity index (χ0v) is 15.7. The summed E-state index contributed by atoms with van der Waals surface area (Å²) in [7, 11) is 0. The first-order valence-electron chi connectivity index (χ1n) is 7.47. The highest BCUT2D eigenvalue weighted by atomic mass is 79.9. The van der Waals surface area contributed by atoms with Crippen LogP contribution in [0.15, 0.2) is 39.9 Å². The number of aryl methyl sites for hydroxylation is 2. The van der Waals surface area contributed by atoms with Gasteiger partial charge in [0.15, 0.2) is 0 Å². The Morgan fingerprint density at radius 2 is 2.04 bits per heavy atom. The van der Waals surface area contributed by atoms with Gasteiger partial charge in [-0.3, -0.25) is 9.36 Å². The zero-order chi connectivity index (χ0) is 17.3. The van der Waals surface area contributed by atoms with Crippen LogP contribution in [0.3, 0.4) is 0 Å². The number of thiophene rings is 1. The molecule has 0 saturated heterocycles. The number of ether oxygens (including phenoxy) is 1. The van der Waals surface area contributed by atoms with Crippen molar-refractivity contribution in [3.63, 3.8) is 0 Å². The molecule has 1 aromatic carbocycles. The van der Waals surface area contributed by atoms with E-state index in [1.807, 2.05) is 38.1 Å². The molecule has 2 aromatic heterocycles. The summed E-state index contributed by atoms with van der Waals surface area (Å²) in [4.78, 5) is 18.7. The number of fused-ring (bicyclic) bond motifs is 1. The monoisotopic (exact) mass is 408 g/mol. The van der Waals surface area contributed by atoms with E-state index in [9.17, 15) is 9.90 Å². The lowest BCUT2D eigenvalue weighted by molar-refractivity contribution is 0.0915. The van der Waals surface area contributed by atoms with Gasteiger partial charge in [-0.25, -0.2) is 4.98 Å². The summed E-state index contributed by atoms with van der Waals surface area (Å²) < 4.78 is 7.95. The van der Waals surface area contributed by atoms with Gasteiger partial charge in [0.05, 0.1) is 18.3 Å². The average Bonchev–Trinajstić information content (AvgIpc) is 2.85. The third-order valence-electron chi connectivity index (χ3n) is 3.82. The fourth-order valence-corrected chi connectivity index (χ4v) is 3.65. The summed E-state index contributed by atoms with van der Waals surface area (Å²) in [5, 5.41) is 10.8. The topological polar surface area (TPSA) is 64.3 Å². The standard InChI is InChI=1S/C17H17BrN2O3S/c1-10-11(2)24-16-15(10)17(22)20(9-19-16)7-13(21)8-23-14-5-3-12(18)4-6-14/h3-6,9,13,21H,7-8H2,1-2H3. The van der Waals surface area contributed by atoms with Crippen LogP contribution < -0.4 is 10.3 Å². The van der Waals surface area contributed by atoms with Crippen molar-refractivity contribution in [1.82, 2.24) is 9.55 Å². The molecule has 24 heavy (non-hydrogen) atoms. The Kier molecular flexibility index (Phi) is 5.03. The Labute approximate surface area is 151 Å². The molecule has 0 aliphatic carbocycles. The van der Waals surface area contributed by atoms with E-state index in [1.54, 1.807) is 0 Å². The normalized spacial score (nSPS) is 12.5. The van der Waals surface area contributed by atoms with Crippen LogP contribution in [0.4, 0.5) is 0 Å². The van der Waals surface area contributed by atoms with Gasteiger partial charge in [-0.05, 0) is 43.7 Å². The molecule has 0 amide bonds. The zero-order valence-electron chi connectivity index (χ0n) is 13.3. The van der Waals surface area contributed by atoms with Gasteiger partial charge in [0.25, 0.3) is 5.56 Å². The van der Waals surface area contributed by atoms with Gasteiger partial charge in [0.2, 0.25) is 0 Å². The van der Waals surface area contributed by atoms with Crippen LogP contribution in [0.1, 0.15) is 10.4 Å². The first-order chi connectivity index (χ1) is 11.5. The predicted molar refractivity (Wildman–Crippen MR) is 99.0 cm³/mol. The van der Waals surface area contributed by atoms with Gasteiger partial charge in [-0.1, -0.05) is 15.9 Å². The molecular weight excluding hydrogens is 392 g/mol. The second-order valence-electron chi connectivity index (χ2n) is 5.58. The SMILES string of the molecule is Cc1sc2ncn(CC(O)COc3ccc(Br)cc3)c(=O)c2c1C. The summed E-state index contributed by atoms with van der Waals surface area (Å²) in [6.45, 7) is 4.15. The molecule has 2 heterocycles. The number of aliphatic hydroxyl groups excluding tert-OH is 1. The van der Waals surface area contributed by atoms with E-state index in [-0.39, 0.29) is 18.7 Å². The summed E-state index contributed by atoms with van der Waals surface area (Å²) in [6.07, 6.45) is 0.689. The molecule has 0 radical (unpaired) electrons. The lowest BCUT2D eigenvalue weighted by Crippen LogP contribution is -2.30. The van der Waals surface area contributed by atoms with Crippen molar-refractivity contribution >= 4 is 37.5 Å². The number of benzene rings is 1. The Hall–Kier alpha value is -1.70. The van der Waals surface area contributed by atoms with Gasteiger partial charge >= 0.3 is 0 Å². The molecule has 3 rings (SSSR count). The molecule has 1 N–H and O–H groups in total. The molecule has 5 nitrogen and oxygen atoms in total. The van der Waals surface area contributed by atoms with Crippen LogP contribution in [0.5, 0.6) is 5.75 Å². The number of nitrogens with zero attached hydrogens (tertiary/aromatic N) is 2. The Morgan fingerprint density at radius 1 is 1.33 bits per heavy atom. The van der Waals surface area contributed by atoms with E-state index in [0.717, 1.165) is 19.7 Å². The van der Waals surface area contributed by atoms with E-state index in [0.29, 0.717) is 11.1 Å². The van der Waals surface area contributed by atoms with E-state index in [4.69, 9.17) is 4.74 Å². The Balaban J connectivity index is 1.72. The predicted octanol–water partition coefficient (Wildman–Crippen LogP) is 3.28. The maximum Gasteiger partial charge on any atom is 0.262 e. The minimum atomic E-state index is -0.800. The first-order valence-corrected chi connectivity index (χ1v) is 9.08. The van der Waals surface area contributed by atoms with Crippen LogP contribution >= 0.6 is 27.3 Å². The fourth-order valence-electron chi connectivity index (χ4n) is 2.40. The maximum atomic E-state index is 12.6. The summed E-state index contributed by atoms with van der Waals surface area (Å²) in [5.74, 6) is 0.669. The van der Waals surface area contributed by atoms with E-state index < -0.39 is 6.10 Å². The van der Waals surface area contributed by atoms with Crippen LogP contribution in [-0.4, -0.2) is 27.4 Å². The summed E-state index contributed by atoms with van der Waals surface area (Å²) >= 11 is 4.87. The van der Waals surface area contributed by atoms with Gasteiger partial charge in [-0.15, -0.1) is 11.3 Å². The number of hydrogen-bond donors (Lipinski definition) is 1. The van der Waals surface area contributed by atoms with Gasteiger partial charge in [0, 0.05) is 9.35 Å². The van der Waals surface area contributed by atoms with Crippen LogP contribution in [0, 0.1) is 13.8 Å². The van der Waals surface area contributed by atoms with Gasteiger partial charge in [0.1, 0.15) is 23.3 Å². The molecule has 0 aliphatic rings. The summed E-state index contributed by atoms with van der Waals surface area (Å²) in [6, 6.07) is 7.36. The van der Waals surface area contributed by atoms with E-state index in [2.05, 4.69) is 20.9 Å². The second-order valence-corrected chi connectivity index (χ2v) is 7.70. The van der Waals surface area contributed by atoms with Crippen molar-refractivity contribution in [1.29, 1.82) is 0 Å². The van der Waals surface area contributed by atoms with E-state index in [1.165, 1.54) is 22.2 Å². The highest BCUT2D eigenvalue weighted by Crippen LogP contribution is 2.25. The number of aromatic nitrogens is 2. The molecule has 0 spiro atoms. The molecule has 0 bridgehead atoms. The third kappa shape index (κ3) is 3.53. The highest BCUT2D eigenvalue weighted by Gasteiger charge is 2.14. The van der Waals surface area contributed by atoms with Crippen molar-refractivity contribution in [3.05, 3.63) is 55.9 Å². The maximum absolute atomic E-state index is 12.6. The largest absolute Gasteiger partial charge is 0.491 e. The van der Waals surface area contributed by atoms with E-state index >= 15 is 0 Å². The van der Waals surface area contributed by atoms with Gasteiger partial charge in [-0.2, -0.15) is 0 Å². The second kappa shape index (κ2) is 7.04. The van der Waals surface area contributed by atoms with Crippen LogP contribution in [-0.2, 0) is 6.54 Å². The fraction of sp³-hybridized carbons (Fsp3) is 0.294. The quantitative estimate of drug-likeness (QED) is 0.703. The van der Waals surface area contributed by atoms with Crippen molar-refractivity contribution in [2.45, 2.75) is 26.5 Å². The molecule has 7 heteroatoms. The molecule has 3 aromatic rings. The third-order valence-corrected chi connectivity index (χ3v) is 5.46. The molecule has 126 valence electrons. The molecule has 0 fully saturated rings. The lowest BCUT2D eigenvalue weighted by Gasteiger charge is -2.14. The minimum absolute atomic E-state index is 0.105. The molecular formula is C17H17BrN2O3S. The molecule has 1 unspecified atom stereocenters. The van der Waals surface area contributed by atoms with Crippen molar-refractivity contribution in [2.24, 2.45) is 0 Å². The number of halogens is 1. The lowest BCUT2D eigenvalue weighted by atomic mass is 10.2. The van der Waals surface area contributed by atoms with Crippen molar-refractivity contribution in [3.8, 4) is 5.75 Å². The van der Waals surface area contributed by atoms with Crippen molar-refractivity contribution < 1.29 is 9.84 Å². The Morgan fingerprint density at radius 3 is 2.75 bits per heavy atom. The molecule has 1 atom stereocenters. The smallest absolute Gasteiger partial charge is 0.262 e.